The van der Waals surface area contributed by atoms with Crippen molar-refractivity contribution in [3.63, 3.8) is 0 Å². The Kier molecular flexibility index (Phi) is 3.58. The first kappa shape index (κ1) is 11.9. The van der Waals surface area contributed by atoms with Crippen LogP contribution in [0, 0.1) is 5.82 Å². The standard InChI is InChI=1S/C12H15FN2O2/c13-9-2-1-3-10(16)11(9)12(17)15-7-6-14-8-4-5-8/h1-3,8,14,16H,4-7H2,(H,15,17). The summed E-state index contributed by atoms with van der Waals surface area (Å²) >= 11 is 0. The highest BCUT2D eigenvalue weighted by atomic mass is 19.1. The molecule has 3 N–H and O–H groups in total. The normalized spacial score (nSPS) is 14.6. The zero-order valence-corrected chi connectivity index (χ0v) is 9.37. The van der Waals surface area contributed by atoms with Gasteiger partial charge in [0.25, 0.3) is 5.91 Å². The molecule has 1 aliphatic rings. The van der Waals surface area contributed by atoms with E-state index in [0.29, 0.717) is 19.1 Å². The van der Waals surface area contributed by atoms with Crippen LogP contribution in [0.15, 0.2) is 18.2 Å². The molecule has 1 aliphatic carbocycles. The Morgan fingerprint density at radius 2 is 2.18 bits per heavy atom. The summed E-state index contributed by atoms with van der Waals surface area (Å²) in [6.45, 7) is 1.08. The second-order valence-corrected chi connectivity index (χ2v) is 4.12. The summed E-state index contributed by atoms with van der Waals surface area (Å²) in [5.41, 5.74) is -0.293. The molecule has 1 aromatic rings. The molecule has 0 bridgehead atoms. The molecule has 0 radical (unpaired) electrons. The predicted molar refractivity (Wildman–Crippen MR) is 61.4 cm³/mol. The molecule has 0 spiro atoms. The van der Waals surface area contributed by atoms with E-state index in [1.807, 2.05) is 0 Å². The van der Waals surface area contributed by atoms with Gasteiger partial charge >= 0.3 is 0 Å². The number of aromatic hydroxyl groups is 1. The van der Waals surface area contributed by atoms with E-state index in [0.717, 1.165) is 6.07 Å². The van der Waals surface area contributed by atoms with E-state index in [4.69, 9.17) is 0 Å². The zero-order valence-electron chi connectivity index (χ0n) is 9.37. The summed E-state index contributed by atoms with van der Waals surface area (Å²) < 4.78 is 13.3. The average molecular weight is 238 g/mol. The highest BCUT2D eigenvalue weighted by molar-refractivity contribution is 5.97. The number of carbonyl (C=O) groups is 1. The lowest BCUT2D eigenvalue weighted by atomic mass is 10.1. The van der Waals surface area contributed by atoms with Gasteiger partial charge in [-0.1, -0.05) is 6.07 Å². The largest absolute Gasteiger partial charge is 0.507 e. The second kappa shape index (κ2) is 5.14. The van der Waals surface area contributed by atoms with Crippen molar-refractivity contribution >= 4 is 5.91 Å². The molecule has 0 aliphatic heterocycles. The number of hydrogen-bond donors (Lipinski definition) is 3. The number of phenols is 1. The van der Waals surface area contributed by atoms with E-state index in [-0.39, 0.29) is 11.3 Å². The van der Waals surface area contributed by atoms with Crippen LogP contribution in [0.5, 0.6) is 5.75 Å². The number of halogens is 1. The predicted octanol–water partition coefficient (Wildman–Crippen LogP) is 1.01. The number of phenolic OH excluding ortho intramolecular Hbond substituents is 1. The maximum Gasteiger partial charge on any atom is 0.258 e. The summed E-state index contributed by atoms with van der Waals surface area (Å²) in [6, 6.07) is 4.38. The zero-order chi connectivity index (χ0) is 12.3. The monoisotopic (exact) mass is 238 g/mol. The van der Waals surface area contributed by atoms with Crippen LogP contribution in [0.1, 0.15) is 23.2 Å². The van der Waals surface area contributed by atoms with E-state index < -0.39 is 11.7 Å². The van der Waals surface area contributed by atoms with Crippen LogP contribution in [0.3, 0.4) is 0 Å². The minimum absolute atomic E-state index is 0.293. The Labute approximate surface area is 98.8 Å². The van der Waals surface area contributed by atoms with E-state index in [1.54, 1.807) is 0 Å². The van der Waals surface area contributed by atoms with Crippen molar-refractivity contribution in [2.45, 2.75) is 18.9 Å². The molecule has 0 aromatic heterocycles. The molecule has 17 heavy (non-hydrogen) atoms. The second-order valence-electron chi connectivity index (χ2n) is 4.12. The summed E-state index contributed by atoms with van der Waals surface area (Å²) in [6.07, 6.45) is 2.37. The van der Waals surface area contributed by atoms with E-state index in [9.17, 15) is 14.3 Å². The van der Waals surface area contributed by atoms with Gasteiger partial charge in [0, 0.05) is 19.1 Å². The van der Waals surface area contributed by atoms with Crippen molar-refractivity contribution in [3.8, 4) is 5.75 Å². The Morgan fingerprint density at radius 3 is 2.82 bits per heavy atom. The molecule has 0 atom stereocenters. The number of carbonyl (C=O) groups excluding carboxylic acids is 1. The van der Waals surface area contributed by atoms with Crippen LogP contribution in [0.25, 0.3) is 0 Å². The lowest BCUT2D eigenvalue weighted by Crippen LogP contribution is -2.33. The van der Waals surface area contributed by atoms with Crippen LogP contribution in [-0.2, 0) is 0 Å². The lowest BCUT2D eigenvalue weighted by molar-refractivity contribution is 0.0947. The topological polar surface area (TPSA) is 61.4 Å². The van der Waals surface area contributed by atoms with Gasteiger partial charge < -0.3 is 15.7 Å². The van der Waals surface area contributed by atoms with Crippen molar-refractivity contribution < 1.29 is 14.3 Å². The molecule has 5 heteroatoms. The van der Waals surface area contributed by atoms with E-state index in [1.165, 1.54) is 25.0 Å². The quantitative estimate of drug-likeness (QED) is 0.671. The molecule has 1 amide bonds. The van der Waals surface area contributed by atoms with Gasteiger partial charge in [0.1, 0.15) is 17.1 Å². The van der Waals surface area contributed by atoms with Crippen molar-refractivity contribution in [3.05, 3.63) is 29.6 Å². The molecule has 1 saturated carbocycles. The van der Waals surface area contributed by atoms with Gasteiger partial charge in [0.15, 0.2) is 0 Å². The Hall–Kier alpha value is -1.62. The number of hydrogen-bond acceptors (Lipinski definition) is 3. The van der Waals surface area contributed by atoms with Crippen LogP contribution < -0.4 is 10.6 Å². The summed E-state index contributed by atoms with van der Waals surface area (Å²) in [5, 5.41) is 15.2. The molecule has 92 valence electrons. The molecular formula is C12H15FN2O2. The fourth-order valence-corrected chi connectivity index (χ4v) is 1.57. The minimum Gasteiger partial charge on any atom is -0.507 e. The molecule has 4 nitrogen and oxygen atoms in total. The van der Waals surface area contributed by atoms with Crippen molar-refractivity contribution in [2.24, 2.45) is 0 Å². The van der Waals surface area contributed by atoms with E-state index >= 15 is 0 Å². The highest BCUT2D eigenvalue weighted by Gasteiger charge is 2.20. The number of rotatable bonds is 5. The molecule has 1 aromatic carbocycles. The lowest BCUT2D eigenvalue weighted by Gasteiger charge is -2.08. The smallest absolute Gasteiger partial charge is 0.258 e. The molecule has 1 fully saturated rings. The third-order valence-electron chi connectivity index (χ3n) is 2.64. The number of amides is 1. The highest BCUT2D eigenvalue weighted by Crippen LogP contribution is 2.19. The van der Waals surface area contributed by atoms with Crippen LogP contribution in [0.4, 0.5) is 4.39 Å². The third kappa shape index (κ3) is 3.17. The summed E-state index contributed by atoms with van der Waals surface area (Å²) in [7, 11) is 0. The molecular weight excluding hydrogens is 223 g/mol. The van der Waals surface area contributed by atoms with Gasteiger partial charge in [-0.3, -0.25) is 4.79 Å². The van der Waals surface area contributed by atoms with Crippen molar-refractivity contribution in [1.29, 1.82) is 0 Å². The van der Waals surface area contributed by atoms with Crippen molar-refractivity contribution in [1.82, 2.24) is 10.6 Å². The fourth-order valence-electron chi connectivity index (χ4n) is 1.57. The Bertz CT molecular complexity index is 399. The van der Waals surface area contributed by atoms with Gasteiger partial charge in [-0.15, -0.1) is 0 Å². The van der Waals surface area contributed by atoms with E-state index in [2.05, 4.69) is 10.6 Å². The Morgan fingerprint density at radius 1 is 1.41 bits per heavy atom. The molecule has 0 saturated heterocycles. The first-order valence-corrected chi connectivity index (χ1v) is 5.67. The van der Waals surface area contributed by atoms with Gasteiger partial charge in [-0.25, -0.2) is 4.39 Å². The van der Waals surface area contributed by atoms with Crippen LogP contribution >= 0.6 is 0 Å². The minimum atomic E-state index is -0.711. The maximum absolute atomic E-state index is 13.3. The van der Waals surface area contributed by atoms with Gasteiger partial charge in [-0.2, -0.15) is 0 Å². The first-order valence-electron chi connectivity index (χ1n) is 5.67. The average Bonchev–Trinajstić information content (AvgIpc) is 3.08. The number of benzene rings is 1. The number of nitrogens with one attached hydrogen (secondary N) is 2. The Balaban J connectivity index is 1.85. The van der Waals surface area contributed by atoms with Gasteiger partial charge in [0.05, 0.1) is 0 Å². The first-order chi connectivity index (χ1) is 8.18. The maximum atomic E-state index is 13.3. The van der Waals surface area contributed by atoms with Crippen LogP contribution in [-0.4, -0.2) is 30.1 Å². The van der Waals surface area contributed by atoms with Gasteiger partial charge in [0.2, 0.25) is 0 Å². The third-order valence-corrected chi connectivity index (χ3v) is 2.64. The summed E-state index contributed by atoms with van der Waals surface area (Å²) in [4.78, 5) is 11.6. The van der Waals surface area contributed by atoms with Crippen molar-refractivity contribution in [2.75, 3.05) is 13.1 Å². The molecule has 0 heterocycles. The fraction of sp³-hybridized carbons (Fsp3) is 0.417. The van der Waals surface area contributed by atoms with Crippen LogP contribution in [0.2, 0.25) is 0 Å². The molecule has 0 unspecified atom stereocenters. The van der Waals surface area contributed by atoms with Gasteiger partial charge in [-0.05, 0) is 25.0 Å². The SMILES string of the molecule is O=C(NCCNC1CC1)c1c(O)cccc1F. The molecule has 2 rings (SSSR count). The summed E-state index contributed by atoms with van der Waals surface area (Å²) in [5.74, 6) is -1.63.